The fourth-order valence-corrected chi connectivity index (χ4v) is 2.40. The van der Waals surface area contributed by atoms with Gasteiger partial charge in [0.05, 0.1) is 19.6 Å². The fourth-order valence-electron chi connectivity index (χ4n) is 2.40. The van der Waals surface area contributed by atoms with Crippen LogP contribution in [0, 0.1) is 11.8 Å². The van der Waals surface area contributed by atoms with Gasteiger partial charge in [-0.2, -0.15) is 0 Å². The van der Waals surface area contributed by atoms with E-state index >= 15 is 0 Å². The van der Waals surface area contributed by atoms with Gasteiger partial charge in [0.1, 0.15) is 6.04 Å². The van der Waals surface area contributed by atoms with Gasteiger partial charge in [0.25, 0.3) is 0 Å². The van der Waals surface area contributed by atoms with Crippen molar-refractivity contribution < 1.29 is 24.2 Å². The van der Waals surface area contributed by atoms with Gasteiger partial charge in [-0.3, -0.25) is 19.7 Å². The van der Waals surface area contributed by atoms with Crippen LogP contribution in [0.25, 0.3) is 0 Å². The molecule has 2 N–H and O–H groups in total. The molecule has 0 radical (unpaired) electrons. The molecule has 7 heteroatoms. The van der Waals surface area contributed by atoms with E-state index in [4.69, 9.17) is 9.84 Å². The summed E-state index contributed by atoms with van der Waals surface area (Å²) in [7, 11) is 1.32. The lowest BCUT2D eigenvalue weighted by molar-refractivity contribution is -0.147. The molecule has 0 aromatic carbocycles. The van der Waals surface area contributed by atoms with Crippen LogP contribution in [0.2, 0.25) is 0 Å². The SMILES string of the molecule is COC(=O)C(NCC(=O)N1CCC(C(=O)O)CC1)C(C)C. The molecule has 1 aliphatic heterocycles. The van der Waals surface area contributed by atoms with Crippen LogP contribution in [0.15, 0.2) is 0 Å². The average Bonchev–Trinajstić information content (AvgIpc) is 2.46. The average molecular weight is 300 g/mol. The second-order valence-corrected chi connectivity index (χ2v) is 5.62. The molecule has 7 nitrogen and oxygen atoms in total. The first-order valence-electron chi connectivity index (χ1n) is 7.18. The molecule has 1 fully saturated rings. The normalized spacial score (nSPS) is 17.6. The number of amides is 1. The van der Waals surface area contributed by atoms with Crippen molar-refractivity contribution in [2.45, 2.75) is 32.7 Å². The molecule has 120 valence electrons. The van der Waals surface area contributed by atoms with Crippen LogP contribution >= 0.6 is 0 Å². The van der Waals surface area contributed by atoms with E-state index in [1.165, 1.54) is 7.11 Å². The second kappa shape index (κ2) is 7.97. The van der Waals surface area contributed by atoms with Crippen molar-refractivity contribution in [2.24, 2.45) is 11.8 Å². The summed E-state index contributed by atoms with van der Waals surface area (Å²) in [6, 6.07) is -0.518. The highest BCUT2D eigenvalue weighted by atomic mass is 16.5. The third-order valence-corrected chi connectivity index (χ3v) is 3.79. The largest absolute Gasteiger partial charge is 0.481 e. The minimum Gasteiger partial charge on any atom is -0.481 e. The molecule has 1 atom stereocenters. The summed E-state index contributed by atoms with van der Waals surface area (Å²) >= 11 is 0. The first kappa shape index (κ1) is 17.4. The summed E-state index contributed by atoms with van der Waals surface area (Å²) in [6.07, 6.45) is 0.956. The Balaban J connectivity index is 2.43. The Morgan fingerprint density at radius 1 is 1.29 bits per heavy atom. The Morgan fingerprint density at radius 2 is 1.86 bits per heavy atom. The number of nitrogens with zero attached hydrogens (tertiary/aromatic N) is 1. The second-order valence-electron chi connectivity index (χ2n) is 5.62. The molecule has 1 saturated heterocycles. The molecule has 0 aromatic heterocycles. The number of piperidine rings is 1. The summed E-state index contributed by atoms with van der Waals surface area (Å²) in [5.41, 5.74) is 0. The Kier molecular flexibility index (Phi) is 6.61. The quantitative estimate of drug-likeness (QED) is 0.675. The summed E-state index contributed by atoms with van der Waals surface area (Å²) < 4.78 is 4.70. The zero-order chi connectivity index (χ0) is 16.0. The van der Waals surface area contributed by atoms with E-state index < -0.39 is 12.0 Å². The smallest absolute Gasteiger partial charge is 0.323 e. The van der Waals surface area contributed by atoms with Crippen LogP contribution in [0.5, 0.6) is 0 Å². The summed E-state index contributed by atoms with van der Waals surface area (Å²) in [5.74, 6) is -1.65. The lowest BCUT2D eigenvalue weighted by Crippen LogP contribution is -2.49. The standard InChI is InChI=1S/C14H24N2O5/c1-9(2)12(14(20)21-3)15-8-11(17)16-6-4-10(5-7-16)13(18)19/h9-10,12,15H,4-8H2,1-3H3,(H,18,19). The predicted octanol–water partition coefficient (Wildman–Crippen LogP) is 0.0968. The van der Waals surface area contributed by atoms with E-state index in [1.54, 1.807) is 4.90 Å². The van der Waals surface area contributed by atoms with E-state index in [-0.39, 0.29) is 30.3 Å². The number of hydrogen-bond donors (Lipinski definition) is 2. The number of methoxy groups -OCH3 is 1. The van der Waals surface area contributed by atoms with Crippen molar-refractivity contribution in [3.8, 4) is 0 Å². The molecule has 1 rings (SSSR count). The zero-order valence-electron chi connectivity index (χ0n) is 12.8. The third-order valence-electron chi connectivity index (χ3n) is 3.79. The topological polar surface area (TPSA) is 95.9 Å². The minimum absolute atomic E-state index is 0.0167. The molecular formula is C14H24N2O5. The number of nitrogens with one attached hydrogen (secondary N) is 1. The number of rotatable bonds is 6. The van der Waals surface area contributed by atoms with E-state index in [0.29, 0.717) is 25.9 Å². The summed E-state index contributed by atoms with van der Waals surface area (Å²) in [4.78, 5) is 36.2. The van der Waals surface area contributed by atoms with Gasteiger partial charge >= 0.3 is 11.9 Å². The van der Waals surface area contributed by atoms with Crippen molar-refractivity contribution >= 4 is 17.8 Å². The Bertz CT molecular complexity index is 389. The first-order chi connectivity index (χ1) is 9.86. The maximum Gasteiger partial charge on any atom is 0.323 e. The van der Waals surface area contributed by atoms with Gasteiger partial charge in [-0.15, -0.1) is 0 Å². The van der Waals surface area contributed by atoms with Crippen molar-refractivity contribution in [3.63, 3.8) is 0 Å². The number of hydrogen-bond acceptors (Lipinski definition) is 5. The number of esters is 1. The number of likely N-dealkylation sites (tertiary alicyclic amines) is 1. The number of aliphatic carboxylic acids is 1. The maximum atomic E-state index is 12.1. The molecule has 0 spiro atoms. The van der Waals surface area contributed by atoms with Crippen molar-refractivity contribution in [2.75, 3.05) is 26.7 Å². The molecule has 1 unspecified atom stereocenters. The van der Waals surface area contributed by atoms with Crippen LogP contribution in [0.3, 0.4) is 0 Å². The highest BCUT2D eigenvalue weighted by Gasteiger charge is 2.28. The number of carboxylic acids is 1. The molecule has 0 aromatic rings. The molecule has 1 amide bonds. The van der Waals surface area contributed by atoms with Crippen LogP contribution in [-0.2, 0) is 19.1 Å². The minimum atomic E-state index is -0.800. The lowest BCUT2D eigenvalue weighted by atomic mass is 9.97. The monoisotopic (exact) mass is 300 g/mol. The van der Waals surface area contributed by atoms with Crippen molar-refractivity contribution in [1.82, 2.24) is 10.2 Å². The van der Waals surface area contributed by atoms with Crippen LogP contribution < -0.4 is 5.32 Å². The van der Waals surface area contributed by atoms with Gasteiger partial charge in [-0.25, -0.2) is 0 Å². The molecule has 1 heterocycles. The molecule has 1 aliphatic rings. The molecular weight excluding hydrogens is 276 g/mol. The molecule has 0 aliphatic carbocycles. The first-order valence-corrected chi connectivity index (χ1v) is 7.18. The highest BCUT2D eigenvalue weighted by molar-refractivity contribution is 5.81. The summed E-state index contributed by atoms with van der Waals surface area (Å²) in [6.45, 7) is 4.69. The predicted molar refractivity (Wildman–Crippen MR) is 75.6 cm³/mol. The molecule has 0 saturated carbocycles. The van der Waals surface area contributed by atoms with Crippen molar-refractivity contribution in [3.05, 3.63) is 0 Å². The number of carboxylic acid groups (broad SMARTS) is 1. The Hall–Kier alpha value is -1.63. The van der Waals surface area contributed by atoms with Gasteiger partial charge in [0, 0.05) is 13.1 Å². The zero-order valence-corrected chi connectivity index (χ0v) is 12.8. The van der Waals surface area contributed by atoms with Gasteiger partial charge in [0.2, 0.25) is 5.91 Å². The van der Waals surface area contributed by atoms with Crippen LogP contribution in [0.4, 0.5) is 0 Å². The summed E-state index contributed by atoms with van der Waals surface area (Å²) in [5, 5.41) is 11.8. The van der Waals surface area contributed by atoms with Crippen LogP contribution in [0.1, 0.15) is 26.7 Å². The fraction of sp³-hybridized carbons (Fsp3) is 0.786. The van der Waals surface area contributed by atoms with Gasteiger partial charge in [0.15, 0.2) is 0 Å². The van der Waals surface area contributed by atoms with Crippen LogP contribution in [-0.4, -0.2) is 60.6 Å². The van der Waals surface area contributed by atoms with E-state index in [1.807, 2.05) is 13.8 Å². The highest BCUT2D eigenvalue weighted by Crippen LogP contribution is 2.17. The van der Waals surface area contributed by atoms with E-state index in [9.17, 15) is 14.4 Å². The van der Waals surface area contributed by atoms with Crippen molar-refractivity contribution in [1.29, 1.82) is 0 Å². The van der Waals surface area contributed by atoms with Gasteiger partial charge in [-0.1, -0.05) is 13.8 Å². The maximum absolute atomic E-state index is 12.1. The van der Waals surface area contributed by atoms with Gasteiger partial charge < -0.3 is 14.7 Å². The number of ether oxygens (including phenoxy) is 1. The third kappa shape index (κ3) is 5.00. The Morgan fingerprint density at radius 3 is 2.29 bits per heavy atom. The molecule has 21 heavy (non-hydrogen) atoms. The van der Waals surface area contributed by atoms with Gasteiger partial charge in [-0.05, 0) is 18.8 Å². The number of carbonyl (C=O) groups is 3. The van der Waals surface area contributed by atoms with E-state index in [2.05, 4.69) is 5.32 Å². The Labute approximate surface area is 124 Å². The molecule has 0 bridgehead atoms. The lowest BCUT2D eigenvalue weighted by Gasteiger charge is -2.31. The number of carbonyl (C=O) groups excluding carboxylic acids is 2. The van der Waals surface area contributed by atoms with E-state index in [0.717, 1.165) is 0 Å².